The lowest BCUT2D eigenvalue weighted by atomic mass is 9.90. The zero-order chi connectivity index (χ0) is 32.1. The van der Waals surface area contributed by atoms with Gasteiger partial charge in [0.1, 0.15) is 12.4 Å². The molecule has 0 aliphatic rings. The van der Waals surface area contributed by atoms with E-state index in [9.17, 15) is 19.1 Å². The second-order valence-corrected chi connectivity index (χ2v) is 11.4. The predicted octanol–water partition coefficient (Wildman–Crippen LogP) is 7.76. The number of hydrogen-bond acceptors (Lipinski definition) is 6. The summed E-state index contributed by atoms with van der Waals surface area (Å²) >= 11 is 0. The zero-order valence-electron chi connectivity index (χ0n) is 27.0. The number of benzene rings is 2. The number of aldehydes is 1. The van der Waals surface area contributed by atoms with E-state index in [0.717, 1.165) is 65.2 Å². The maximum absolute atomic E-state index is 11.1. The van der Waals surface area contributed by atoms with Gasteiger partial charge in [0.2, 0.25) is 0 Å². The van der Waals surface area contributed by atoms with Crippen LogP contribution in [0.1, 0.15) is 88.7 Å². The van der Waals surface area contributed by atoms with Gasteiger partial charge in [-0.2, -0.15) is 5.26 Å². The highest BCUT2D eigenvalue weighted by Crippen LogP contribution is 2.26. The van der Waals surface area contributed by atoms with E-state index in [0.29, 0.717) is 12.0 Å². The molecule has 1 N–H and O–H groups in total. The minimum Gasteiger partial charge on any atom is -0.465 e. The fourth-order valence-corrected chi connectivity index (χ4v) is 4.33. The molecule has 2 rings (SSSR count). The monoisotopic (exact) mass is 594 g/mol. The molecule has 7 heteroatoms. The molecule has 0 radical (unpaired) electrons. The number of esters is 1. The molecule has 0 saturated carbocycles. The molecule has 0 spiro atoms. The quantitative estimate of drug-likeness (QED) is 0.117. The number of allylic oxidation sites excluding steroid dienone is 4. The summed E-state index contributed by atoms with van der Waals surface area (Å²) in [5.41, 5.74) is 7.12. The van der Waals surface area contributed by atoms with Crippen LogP contribution >= 0.6 is 0 Å². The zero-order valence-corrected chi connectivity index (χ0v) is 27.8. The third-order valence-corrected chi connectivity index (χ3v) is 8.06. The Bertz CT molecular complexity index is 1240. The van der Waals surface area contributed by atoms with Gasteiger partial charge in [-0.25, -0.2) is 4.79 Å². The Labute approximate surface area is 256 Å². The van der Waals surface area contributed by atoms with Crippen LogP contribution in [0.3, 0.4) is 0 Å². The molecule has 42 heavy (non-hydrogen) atoms. The van der Waals surface area contributed by atoms with E-state index in [1.165, 1.54) is 24.7 Å². The highest BCUT2D eigenvalue weighted by Gasteiger charge is 2.12. The molecule has 2 aromatic carbocycles. The summed E-state index contributed by atoms with van der Waals surface area (Å²) in [4.78, 5) is 22.0. The van der Waals surface area contributed by atoms with Crippen molar-refractivity contribution in [3.8, 4) is 6.07 Å². The molecule has 2 aromatic rings. The molecule has 2 atom stereocenters. The van der Waals surface area contributed by atoms with Crippen molar-refractivity contribution in [2.75, 3.05) is 20.4 Å². The number of nitriles is 1. The molecule has 0 aliphatic carbocycles. The number of hydrogen-bond donors (Lipinski definition) is 1. The molecule has 0 fully saturated rings. The number of carbonyl (C=O) groups is 2. The van der Waals surface area contributed by atoms with Crippen molar-refractivity contribution >= 4 is 23.1 Å². The van der Waals surface area contributed by atoms with Gasteiger partial charge in [-0.15, -0.1) is 0 Å². The van der Waals surface area contributed by atoms with Crippen LogP contribution in [0.2, 0.25) is 0 Å². The van der Waals surface area contributed by atoms with Crippen LogP contribution in [-0.2, 0) is 33.2 Å². The van der Waals surface area contributed by atoms with Crippen molar-refractivity contribution in [3.63, 3.8) is 0 Å². The van der Waals surface area contributed by atoms with Crippen molar-refractivity contribution in [1.82, 2.24) is 5.32 Å². The fourth-order valence-electron chi connectivity index (χ4n) is 3.81. The Morgan fingerprint density at radius 3 is 2.19 bits per heavy atom. The van der Waals surface area contributed by atoms with Gasteiger partial charge in [0.15, 0.2) is 0 Å². The third kappa shape index (κ3) is 14.4. The van der Waals surface area contributed by atoms with E-state index in [1.807, 2.05) is 44.3 Å². The van der Waals surface area contributed by atoms with Crippen LogP contribution in [-0.4, -0.2) is 36.9 Å². The lowest BCUT2D eigenvalue weighted by Gasteiger charge is -2.15. The summed E-state index contributed by atoms with van der Waals surface area (Å²) in [6.07, 6.45) is 8.24. The smallest absolute Gasteiger partial charge is 0.337 e. The van der Waals surface area contributed by atoms with E-state index < -0.39 is 10.8 Å². The lowest BCUT2D eigenvalue weighted by Crippen LogP contribution is -2.08. The molecule has 0 heterocycles. The number of aryl methyl sites for hydroxylation is 1. The molecular formula is C35H50N2O4S. The Morgan fingerprint density at radius 2 is 1.74 bits per heavy atom. The molecular weight excluding hydrogens is 544 g/mol. The van der Waals surface area contributed by atoms with Crippen LogP contribution < -0.4 is 5.32 Å². The Hall–Kier alpha value is -3.50. The number of carbonyl (C=O) groups excluding carboxylic acids is 2. The van der Waals surface area contributed by atoms with Gasteiger partial charge < -0.3 is 14.8 Å². The summed E-state index contributed by atoms with van der Waals surface area (Å²) in [7, 11) is 2.34. The van der Waals surface area contributed by atoms with Gasteiger partial charge in [-0.1, -0.05) is 64.0 Å². The first-order chi connectivity index (χ1) is 20.0. The summed E-state index contributed by atoms with van der Waals surface area (Å²) in [6.45, 7) is 12.8. The number of nitrogens with zero attached hydrogens (tertiary/aromatic N) is 1. The molecule has 2 unspecified atom stereocenters. The summed E-state index contributed by atoms with van der Waals surface area (Å²) in [5, 5.41) is 12.5. The van der Waals surface area contributed by atoms with E-state index in [1.54, 1.807) is 24.5 Å². The van der Waals surface area contributed by atoms with Gasteiger partial charge in [-0.05, 0) is 86.4 Å². The molecule has 0 aliphatic heterocycles. The summed E-state index contributed by atoms with van der Waals surface area (Å²) < 4.78 is 15.6. The molecule has 230 valence electrons. The normalized spacial score (nSPS) is 12.9. The molecule has 0 bridgehead atoms. The van der Waals surface area contributed by atoms with Crippen LogP contribution in [0, 0.1) is 17.2 Å². The molecule has 0 amide bonds. The summed E-state index contributed by atoms with van der Waals surface area (Å²) in [5.74, 6) is 0.449. The Morgan fingerprint density at radius 1 is 1.10 bits per heavy atom. The molecule has 0 saturated heterocycles. The topological polar surface area (TPSA) is 96.3 Å². The van der Waals surface area contributed by atoms with E-state index in [4.69, 9.17) is 0 Å². The van der Waals surface area contributed by atoms with Crippen molar-refractivity contribution in [2.45, 2.75) is 85.0 Å². The van der Waals surface area contributed by atoms with Crippen molar-refractivity contribution in [2.24, 2.45) is 5.92 Å². The standard InChI is InChI=1S/C16H28N2.C10H12O2.C9H10O2S/c1-7-12(3)9-10-15(13(4)8-2)16(11-17)14(5)18-6;1-3-8-5-4-6-9(7-8)10(11)12-2;1-12(11)9-4-2-8(3-5-9)6-7-10/h12,18H,7-10H2,1-6H3;4-7H,3H2,1-2H3;2-5,7H,6H2,1H3/b15-13+,16-14+;;. The van der Waals surface area contributed by atoms with E-state index >= 15 is 0 Å². The fraction of sp³-hybridized carbons (Fsp3) is 0.457. The second-order valence-electron chi connectivity index (χ2n) is 10.0. The Balaban J connectivity index is 0.000000618. The first kappa shape index (κ1) is 38.5. The molecule has 6 nitrogen and oxygen atoms in total. The molecule has 0 aromatic heterocycles. The van der Waals surface area contributed by atoms with Crippen LogP contribution in [0.5, 0.6) is 0 Å². The summed E-state index contributed by atoms with van der Waals surface area (Å²) in [6, 6.07) is 17.1. The van der Waals surface area contributed by atoms with Crippen LogP contribution in [0.25, 0.3) is 0 Å². The first-order valence-electron chi connectivity index (χ1n) is 14.5. The average Bonchev–Trinajstić information content (AvgIpc) is 3.02. The van der Waals surface area contributed by atoms with Gasteiger partial charge in [0.05, 0.1) is 18.2 Å². The number of methoxy groups -OCH3 is 1. The number of rotatable bonds is 12. The largest absolute Gasteiger partial charge is 0.465 e. The van der Waals surface area contributed by atoms with E-state index in [-0.39, 0.29) is 5.97 Å². The SMILES string of the molecule is CC/C(C)=C(CCC(C)CC)/C(C#N)=C(\C)NC.CCc1cccc(C(=O)OC)c1.CS(=O)c1ccc(CC=O)cc1. The average molecular weight is 595 g/mol. The predicted molar refractivity (Wildman–Crippen MR) is 175 cm³/mol. The van der Waals surface area contributed by atoms with Crippen molar-refractivity contribution in [3.05, 3.63) is 87.6 Å². The minimum absolute atomic E-state index is 0.273. The maximum Gasteiger partial charge on any atom is 0.337 e. The number of nitrogens with one attached hydrogen (secondary N) is 1. The number of ether oxygens (including phenoxy) is 1. The van der Waals surface area contributed by atoms with Gasteiger partial charge >= 0.3 is 5.97 Å². The first-order valence-corrected chi connectivity index (χ1v) is 16.1. The van der Waals surface area contributed by atoms with Gasteiger partial charge in [0, 0.05) is 41.1 Å². The third-order valence-electron chi connectivity index (χ3n) is 7.12. The van der Waals surface area contributed by atoms with Gasteiger partial charge in [0.25, 0.3) is 0 Å². The highest BCUT2D eigenvalue weighted by atomic mass is 32.2. The Kier molecular flexibility index (Phi) is 20.3. The van der Waals surface area contributed by atoms with Crippen molar-refractivity contribution < 1.29 is 18.5 Å². The van der Waals surface area contributed by atoms with Crippen LogP contribution in [0.4, 0.5) is 0 Å². The van der Waals surface area contributed by atoms with Crippen molar-refractivity contribution in [1.29, 1.82) is 5.26 Å². The lowest BCUT2D eigenvalue weighted by molar-refractivity contribution is -0.107. The highest BCUT2D eigenvalue weighted by molar-refractivity contribution is 7.84. The van der Waals surface area contributed by atoms with E-state index in [2.05, 4.69) is 50.7 Å². The minimum atomic E-state index is -0.929. The second kappa shape index (κ2) is 22.1. The van der Waals surface area contributed by atoms with Gasteiger partial charge in [-0.3, -0.25) is 4.21 Å². The maximum atomic E-state index is 11.1. The van der Waals surface area contributed by atoms with Crippen LogP contribution in [0.15, 0.2) is 75.8 Å².